The summed E-state index contributed by atoms with van der Waals surface area (Å²) in [6.45, 7) is 2.28. The third-order valence-corrected chi connectivity index (χ3v) is 2.33. The molecule has 0 aliphatic rings. The third-order valence-electron chi connectivity index (χ3n) is 2.33. The number of aromatic nitrogens is 2. The topological polar surface area (TPSA) is 66.9 Å². The summed E-state index contributed by atoms with van der Waals surface area (Å²) < 4.78 is 0. The average Bonchev–Trinajstić information content (AvgIpc) is 2.40. The van der Waals surface area contributed by atoms with Crippen molar-refractivity contribution in [3.05, 3.63) is 54.1 Å². The maximum absolute atomic E-state index is 11.6. The Hall–Kier alpha value is -2.43. The van der Waals surface area contributed by atoms with E-state index in [9.17, 15) is 4.79 Å². The molecule has 0 aliphatic carbocycles. The number of nitrogens with one attached hydrogen (secondary N) is 2. The maximum Gasteiger partial charge on any atom is 0.319 e. The Labute approximate surface area is 105 Å². The van der Waals surface area contributed by atoms with E-state index in [0.29, 0.717) is 18.1 Å². The van der Waals surface area contributed by atoms with Gasteiger partial charge in [0.1, 0.15) is 5.82 Å². The maximum atomic E-state index is 11.6. The first-order chi connectivity index (χ1) is 8.74. The Balaban J connectivity index is 1.84. The molecule has 2 N–H and O–H groups in total. The predicted octanol–water partition coefficient (Wildman–Crippen LogP) is 2.11. The second-order valence-electron chi connectivity index (χ2n) is 3.81. The number of carbonyl (C=O) groups is 1. The number of carbonyl (C=O) groups excluding carboxylic acids is 1. The van der Waals surface area contributed by atoms with Gasteiger partial charge in [0.05, 0.1) is 18.1 Å². The zero-order valence-electron chi connectivity index (χ0n) is 10.1. The van der Waals surface area contributed by atoms with Crippen LogP contribution >= 0.6 is 0 Å². The molecule has 0 saturated heterocycles. The van der Waals surface area contributed by atoms with Crippen molar-refractivity contribution in [2.24, 2.45) is 0 Å². The normalized spacial score (nSPS) is 9.83. The number of anilines is 1. The second-order valence-corrected chi connectivity index (χ2v) is 3.81. The van der Waals surface area contributed by atoms with Crippen LogP contribution in [0.5, 0.6) is 0 Å². The van der Waals surface area contributed by atoms with Gasteiger partial charge in [-0.05, 0) is 12.5 Å². The molecule has 2 rings (SSSR count). The van der Waals surface area contributed by atoms with Crippen LogP contribution in [0.1, 0.15) is 11.4 Å². The second kappa shape index (κ2) is 5.77. The standard InChI is InChI=1S/C13H14N4O/c1-10-14-8-12(9-15-10)17-13(18)16-7-11-5-3-2-4-6-11/h2-6,8-9H,7H2,1H3,(H2,16,17,18). The van der Waals surface area contributed by atoms with E-state index in [-0.39, 0.29) is 6.03 Å². The van der Waals surface area contributed by atoms with Gasteiger partial charge in [-0.25, -0.2) is 14.8 Å². The molecule has 0 radical (unpaired) electrons. The van der Waals surface area contributed by atoms with Crippen LogP contribution in [0.3, 0.4) is 0 Å². The fourth-order valence-electron chi connectivity index (χ4n) is 1.41. The van der Waals surface area contributed by atoms with Gasteiger partial charge in [-0.15, -0.1) is 0 Å². The molecular weight excluding hydrogens is 228 g/mol. The highest BCUT2D eigenvalue weighted by Crippen LogP contribution is 2.02. The molecule has 18 heavy (non-hydrogen) atoms. The summed E-state index contributed by atoms with van der Waals surface area (Å²) in [5.74, 6) is 0.672. The summed E-state index contributed by atoms with van der Waals surface area (Å²) >= 11 is 0. The molecule has 5 heteroatoms. The van der Waals surface area contributed by atoms with Gasteiger partial charge in [0.15, 0.2) is 0 Å². The molecule has 2 amide bonds. The highest BCUT2D eigenvalue weighted by Gasteiger charge is 2.01. The minimum atomic E-state index is -0.272. The SMILES string of the molecule is Cc1ncc(NC(=O)NCc2ccccc2)cn1. The van der Waals surface area contributed by atoms with Crippen molar-refractivity contribution in [3.63, 3.8) is 0 Å². The molecule has 0 spiro atoms. The monoisotopic (exact) mass is 242 g/mol. The first-order valence-corrected chi connectivity index (χ1v) is 5.61. The zero-order chi connectivity index (χ0) is 12.8. The smallest absolute Gasteiger partial charge is 0.319 e. The molecule has 2 aromatic rings. The van der Waals surface area contributed by atoms with E-state index in [1.54, 1.807) is 19.3 Å². The van der Waals surface area contributed by atoms with Crippen LogP contribution in [0, 0.1) is 6.92 Å². The van der Waals surface area contributed by atoms with Crippen molar-refractivity contribution >= 4 is 11.7 Å². The molecule has 0 unspecified atom stereocenters. The van der Waals surface area contributed by atoms with Gasteiger partial charge < -0.3 is 10.6 Å². The van der Waals surface area contributed by atoms with E-state index < -0.39 is 0 Å². The Bertz CT molecular complexity index is 510. The first-order valence-electron chi connectivity index (χ1n) is 5.61. The molecular formula is C13H14N4O. The van der Waals surface area contributed by atoms with Gasteiger partial charge in [0.2, 0.25) is 0 Å². The van der Waals surface area contributed by atoms with Crippen molar-refractivity contribution in [3.8, 4) is 0 Å². The number of hydrogen-bond acceptors (Lipinski definition) is 3. The molecule has 1 aromatic heterocycles. The van der Waals surface area contributed by atoms with Crippen molar-refractivity contribution in [1.29, 1.82) is 0 Å². The summed E-state index contributed by atoms with van der Waals surface area (Å²) in [4.78, 5) is 19.6. The highest BCUT2D eigenvalue weighted by atomic mass is 16.2. The largest absolute Gasteiger partial charge is 0.334 e. The van der Waals surface area contributed by atoms with E-state index in [1.165, 1.54) is 0 Å². The van der Waals surface area contributed by atoms with Crippen molar-refractivity contribution in [2.75, 3.05) is 5.32 Å². The Kier molecular flexibility index (Phi) is 3.86. The lowest BCUT2D eigenvalue weighted by atomic mass is 10.2. The Morgan fingerprint density at radius 2 is 1.83 bits per heavy atom. The number of rotatable bonds is 3. The van der Waals surface area contributed by atoms with Crippen LogP contribution < -0.4 is 10.6 Å². The van der Waals surface area contributed by atoms with Gasteiger partial charge >= 0.3 is 6.03 Å². The molecule has 92 valence electrons. The van der Waals surface area contributed by atoms with Crippen LogP contribution in [-0.2, 0) is 6.54 Å². The van der Waals surface area contributed by atoms with E-state index in [2.05, 4.69) is 20.6 Å². The van der Waals surface area contributed by atoms with Crippen LogP contribution in [-0.4, -0.2) is 16.0 Å². The molecule has 5 nitrogen and oxygen atoms in total. The molecule has 0 aliphatic heterocycles. The highest BCUT2D eigenvalue weighted by molar-refractivity contribution is 5.88. The number of hydrogen-bond donors (Lipinski definition) is 2. The molecule has 0 bridgehead atoms. The third kappa shape index (κ3) is 3.55. The van der Waals surface area contributed by atoms with Gasteiger partial charge in [-0.1, -0.05) is 30.3 Å². The van der Waals surface area contributed by atoms with Gasteiger partial charge in [0.25, 0.3) is 0 Å². The van der Waals surface area contributed by atoms with E-state index in [1.807, 2.05) is 30.3 Å². The minimum absolute atomic E-state index is 0.272. The number of benzene rings is 1. The molecule has 0 atom stereocenters. The number of amides is 2. The Morgan fingerprint density at radius 3 is 2.50 bits per heavy atom. The average molecular weight is 242 g/mol. The van der Waals surface area contributed by atoms with Crippen LogP contribution in [0.15, 0.2) is 42.7 Å². The fourth-order valence-corrected chi connectivity index (χ4v) is 1.41. The van der Waals surface area contributed by atoms with Crippen LogP contribution in [0.25, 0.3) is 0 Å². The fraction of sp³-hybridized carbons (Fsp3) is 0.154. The molecule has 1 aromatic carbocycles. The van der Waals surface area contributed by atoms with Crippen molar-refractivity contribution in [2.45, 2.75) is 13.5 Å². The van der Waals surface area contributed by atoms with Gasteiger partial charge in [-0.3, -0.25) is 0 Å². The van der Waals surface area contributed by atoms with E-state index >= 15 is 0 Å². The Morgan fingerprint density at radius 1 is 1.17 bits per heavy atom. The van der Waals surface area contributed by atoms with E-state index in [4.69, 9.17) is 0 Å². The minimum Gasteiger partial charge on any atom is -0.334 e. The van der Waals surface area contributed by atoms with Crippen LogP contribution in [0.4, 0.5) is 10.5 Å². The van der Waals surface area contributed by atoms with Crippen molar-refractivity contribution in [1.82, 2.24) is 15.3 Å². The summed E-state index contributed by atoms with van der Waals surface area (Å²) in [6.07, 6.45) is 3.15. The number of nitrogens with zero attached hydrogens (tertiary/aromatic N) is 2. The summed E-state index contributed by atoms with van der Waals surface area (Å²) in [7, 11) is 0. The quantitative estimate of drug-likeness (QED) is 0.866. The molecule has 0 fully saturated rings. The first kappa shape index (κ1) is 12.0. The number of urea groups is 1. The van der Waals surface area contributed by atoms with Gasteiger partial charge in [0, 0.05) is 6.54 Å². The zero-order valence-corrected chi connectivity index (χ0v) is 10.1. The lowest BCUT2D eigenvalue weighted by Gasteiger charge is -2.07. The van der Waals surface area contributed by atoms with E-state index in [0.717, 1.165) is 5.56 Å². The summed E-state index contributed by atoms with van der Waals surface area (Å²) in [5, 5.41) is 5.42. The lowest BCUT2D eigenvalue weighted by Crippen LogP contribution is -2.28. The number of aryl methyl sites for hydroxylation is 1. The lowest BCUT2D eigenvalue weighted by molar-refractivity contribution is 0.251. The van der Waals surface area contributed by atoms with Gasteiger partial charge in [-0.2, -0.15) is 0 Å². The predicted molar refractivity (Wildman–Crippen MR) is 69.1 cm³/mol. The molecule has 1 heterocycles. The summed E-state index contributed by atoms with van der Waals surface area (Å²) in [5.41, 5.74) is 1.62. The summed E-state index contributed by atoms with van der Waals surface area (Å²) in [6, 6.07) is 9.44. The molecule has 0 saturated carbocycles. The van der Waals surface area contributed by atoms with Crippen LogP contribution in [0.2, 0.25) is 0 Å². The van der Waals surface area contributed by atoms with Crippen molar-refractivity contribution < 1.29 is 4.79 Å².